The van der Waals surface area contributed by atoms with Crippen LogP contribution in [0.3, 0.4) is 0 Å². The zero-order chi connectivity index (χ0) is 20.6. The minimum Gasteiger partial charge on any atom is -0.367 e. The van der Waals surface area contributed by atoms with Crippen LogP contribution < -0.4 is 10.6 Å². The predicted octanol–water partition coefficient (Wildman–Crippen LogP) is 2.72. The molecule has 0 bridgehead atoms. The number of piperidine rings is 1. The molecule has 5 nitrogen and oxygen atoms in total. The van der Waals surface area contributed by atoms with Crippen molar-refractivity contribution in [1.29, 1.82) is 0 Å². The first-order valence-corrected chi connectivity index (χ1v) is 9.52. The van der Waals surface area contributed by atoms with Crippen LogP contribution >= 0.6 is 0 Å². The Morgan fingerprint density at radius 1 is 1.36 bits per heavy atom. The summed E-state index contributed by atoms with van der Waals surface area (Å²) in [6.07, 6.45) is 2.30. The summed E-state index contributed by atoms with van der Waals surface area (Å²) < 4.78 is 15.2. The van der Waals surface area contributed by atoms with Crippen molar-refractivity contribution in [3.05, 3.63) is 34.1 Å². The Bertz CT molecular complexity index is 939. The van der Waals surface area contributed by atoms with Crippen LogP contribution in [0.5, 0.6) is 0 Å². The number of allylic oxidation sites excluding steroid dienone is 2. The highest BCUT2D eigenvalue weighted by Crippen LogP contribution is 2.43. The molecule has 1 saturated heterocycles. The van der Waals surface area contributed by atoms with Crippen molar-refractivity contribution in [1.82, 2.24) is 4.90 Å². The number of amides is 2. The number of carbonyl (C=O) groups is 2. The number of primary amides is 1. The van der Waals surface area contributed by atoms with Gasteiger partial charge in [0, 0.05) is 37.3 Å². The number of rotatable bonds is 3. The first-order chi connectivity index (χ1) is 13.3. The lowest BCUT2D eigenvalue weighted by Crippen LogP contribution is -2.48. The number of carbonyl (C=O) groups excluding carboxylic acids is 2. The minimum absolute atomic E-state index is 0.0419. The molecule has 1 aromatic carbocycles. The number of nitrogens with zero attached hydrogens (tertiary/aromatic N) is 2. The molecule has 3 rings (SSSR count). The van der Waals surface area contributed by atoms with Gasteiger partial charge in [-0.2, -0.15) is 0 Å². The number of anilines is 1. The summed E-state index contributed by atoms with van der Waals surface area (Å²) in [4.78, 5) is 27.7. The molecule has 0 aromatic heterocycles. The van der Waals surface area contributed by atoms with Crippen LogP contribution in [0.4, 0.5) is 10.1 Å². The standard InChI is InChI=1S/C22H26FN3O2/c1-5-7-19(27)25(4)15-8-6-9-26(12-15)21-18(23)11-17(22(24)28)16-10-13(2)14(3)20(16)21/h11,15H,6,8-10,12H2,1-4H3,(H2,24,28)/t15-/m0/s1. The molecular weight excluding hydrogens is 357 g/mol. The molecule has 1 atom stereocenters. The van der Waals surface area contributed by atoms with Gasteiger partial charge >= 0.3 is 0 Å². The summed E-state index contributed by atoms with van der Waals surface area (Å²) in [5.41, 5.74) is 9.98. The highest BCUT2D eigenvalue weighted by Gasteiger charge is 2.33. The predicted molar refractivity (Wildman–Crippen MR) is 108 cm³/mol. The fourth-order valence-corrected chi connectivity index (χ4v) is 4.24. The third-order valence-electron chi connectivity index (χ3n) is 5.90. The first kappa shape index (κ1) is 19.9. The smallest absolute Gasteiger partial charge is 0.298 e. The molecule has 1 heterocycles. The van der Waals surface area contributed by atoms with Gasteiger partial charge in [-0.1, -0.05) is 11.5 Å². The van der Waals surface area contributed by atoms with Crippen molar-refractivity contribution in [3.8, 4) is 11.8 Å². The van der Waals surface area contributed by atoms with Crippen LogP contribution in [-0.2, 0) is 11.2 Å². The summed E-state index contributed by atoms with van der Waals surface area (Å²) >= 11 is 0. The maximum Gasteiger partial charge on any atom is 0.298 e. The van der Waals surface area contributed by atoms with E-state index in [0.29, 0.717) is 25.2 Å². The Hall–Kier alpha value is -2.81. The zero-order valence-corrected chi connectivity index (χ0v) is 16.9. The fourth-order valence-electron chi connectivity index (χ4n) is 4.24. The molecule has 2 aliphatic rings. The second kappa shape index (κ2) is 7.67. The van der Waals surface area contributed by atoms with Gasteiger partial charge in [0.1, 0.15) is 5.82 Å². The van der Waals surface area contributed by atoms with E-state index in [9.17, 15) is 9.59 Å². The number of hydrogen-bond acceptors (Lipinski definition) is 3. The van der Waals surface area contributed by atoms with E-state index in [1.807, 2.05) is 18.7 Å². The largest absolute Gasteiger partial charge is 0.367 e. The molecule has 1 aliphatic carbocycles. The van der Waals surface area contributed by atoms with Gasteiger partial charge in [-0.05, 0) is 63.2 Å². The number of halogens is 1. The second-order valence-electron chi connectivity index (χ2n) is 7.59. The van der Waals surface area contributed by atoms with Gasteiger partial charge in [0.05, 0.1) is 5.69 Å². The van der Waals surface area contributed by atoms with E-state index in [-0.39, 0.29) is 17.5 Å². The number of nitrogens with two attached hydrogens (primary N) is 1. The normalized spacial score (nSPS) is 18.5. The van der Waals surface area contributed by atoms with Crippen LogP contribution in [0.2, 0.25) is 0 Å². The Labute approximate surface area is 165 Å². The van der Waals surface area contributed by atoms with E-state index in [2.05, 4.69) is 11.8 Å². The van der Waals surface area contributed by atoms with E-state index in [0.717, 1.165) is 35.1 Å². The average Bonchev–Trinajstić information content (AvgIpc) is 2.95. The van der Waals surface area contributed by atoms with Crippen LogP contribution in [-0.4, -0.2) is 42.9 Å². The first-order valence-electron chi connectivity index (χ1n) is 9.52. The molecule has 0 saturated carbocycles. The molecule has 1 fully saturated rings. The second-order valence-corrected chi connectivity index (χ2v) is 7.59. The maximum atomic E-state index is 15.2. The minimum atomic E-state index is -0.607. The number of fused-ring (bicyclic) bond motifs is 1. The van der Waals surface area contributed by atoms with Crippen LogP contribution in [0, 0.1) is 17.7 Å². The Kier molecular flexibility index (Phi) is 5.46. The molecule has 2 N–H and O–H groups in total. The molecular formula is C22H26FN3O2. The van der Waals surface area contributed by atoms with E-state index in [1.54, 1.807) is 18.9 Å². The number of likely N-dealkylation sites (N-methyl/N-ethyl adjacent to an activating group) is 1. The zero-order valence-electron chi connectivity index (χ0n) is 16.9. The number of hydrogen-bond donors (Lipinski definition) is 1. The van der Waals surface area contributed by atoms with E-state index < -0.39 is 11.7 Å². The highest BCUT2D eigenvalue weighted by molar-refractivity contribution is 5.99. The van der Waals surface area contributed by atoms with Crippen molar-refractivity contribution >= 4 is 23.1 Å². The molecule has 2 amide bonds. The fraction of sp³-hybridized carbons (Fsp3) is 0.455. The summed E-state index contributed by atoms with van der Waals surface area (Å²) in [7, 11) is 1.74. The Morgan fingerprint density at radius 2 is 2.07 bits per heavy atom. The van der Waals surface area contributed by atoms with E-state index in [4.69, 9.17) is 5.73 Å². The molecule has 28 heavy (non-hydrogen) atoms. The molecule has 6 heteroatoms. The summed E-state index contributed by atoms with van der Waals surface area (Å²) in [5.74, 6) is 3.93. The van der Waals surface area contributed by atoms with Gasteiger partial charge in [0.25, 0.3) is 5.91 Å². The van der Waals surface area contributed by atoms with E-state index in [1.165, 1.54) is 6.07 Å². The number of benzene rings is 1. The van der Waals surface area contributed by atoms with Crippen molar-refractivity contribution < 1.29 is 14.0 Å². The maximum absolute atomic E-state index is 15.2. The average molecular weight is 383 g/mol. The summed E-state index contributed by atoms with van der Waals surface area (Å²) in [5, 5.41) is 0. The van der Waals surface area contributed by atoms with Gasteiger partial charge in [-0.15, -0.1) is 0 Å². The molecule has 0 radical (unpaired) electrons. The van der Waals surface area contributed by atoms with Crippen molar-refractivity contribution in [2.45, 2.75) is 46.1 Å². The Balaban J connectivity index is 2.02. The topological polar surface area (TPSA) is 66.6 Å². The van der Waals surface area contributed by atoms with Crippen LogP contribution in [0.25, 0.3) is 5.57 Å². The lowest BCUT2D eigenvalue weighted by molar-refractivity contribution is -0.126. The van der Waals surface area contributed by atoms with E-state index >= 15 is 4.39 Å². The van der Waals surface area contributed by atoms with Crippen LogP contribution in [0.15, 0.2) is 11.6 Å². The lowest BCUT2D eigenvalue weighted by Gasteiger charge is -2.39. The third-order valence-corrected chi connectivity index (χ3v) is 5.90. The molecule has 1 aromatic rings. The highest BCUT2D eigenvalue weighted by atomic mass is 19.1. The summed E-state index contributed by atoms with van der Waals surface area (Å²) in [6.45, 7) is 6.82. The van der Waals surface area contributed by atoms with Gasteiger partial charge in [-0.25, -0.2) is 4.39 Å². The monoisotopic (exact) mass is 383 g/mol. The molecule has 148 valence electrons. The van der Waals surface area contributed by atoms with Crippen molar-refractivity contribution in [3.63, 3.8) is 0 Å². The molecule has 1 aliphatic heterocycles. The van der Waals surface area contributed by atoms with Crippen LogP contribution in [0.1, 0.15) is 55.1 Å². The molecule has 0 spiro atoms. The van der Waals surface area contributed by atoms with Crippen molar-refractivity contribution in [2.24, 2.45) is 5.73 Å². The van der Waals surface area contributed by atoms with Gasteiger partial charge < -0.3 is 15.5 Å². The Morgan fingerprint density at radius 3 is 2.71 bits per heavy atom. The summed E-state index contributed by atoms with van der Waals surface area (Å²) in [6, 6.07) is 1.23. The quantitative estimate of drug-likeness (QED) is 0.816. The third kappa shape index (κ3) is 3.37. The SMILES string of the molecule is CC#CC(=O)N(C)[C@H]1CCCN(c2c(F)cc(C(N)=O)c3c2C(C)=C(C)C3)C1. The lowest BCUT2D eigenvalue weighted by atomic mass is 9.95. The van der Waals surface area contributed by atoms with Gasteiger partial charge in [-0.3, -0.25) is 9.59 Å². The van der Waals surface area contributed by atoms with Crippen molar-refractivity contribution in [2.75, 3.05) is 25.0 Å². The van der Waals surface area contributed by atoms with Gasteiger partial charge in [0.2, 0.25) is 5.91 Å². The van der Waals surface area contributed by atoms with Gasteiger partial charge in [0.15, 0.2) is 0 Å². The molecule has 0 unspecified atom stereocenters.